The highest BCUT2D eigenvalue weighted by atomic mass is 32.2. The molecule has 3 rings (SSSR count). The number of nitrogens with zero attached hydrogens (tertiary/aromatic N) is 1. The number of aryl methyl sites for hydroxylation is 2. The topological polar surface area (TPSA) is 68.2 Å². The van der Waals surface area contributed by atoms with Crippen LogP contribution in [0.4, 0.5) is 5.69 Å². The molecular weight excluding hydrogens is 348 g/mol. The summed E-state index contributed by atoms with van der Waals surface area (Å²) in [5.74, 6) is 0. The van der Waals surface area contributed by atoms with Crippen LogP contribution < -0.4 is 10.3 Å². The number of sulfonamides is 1. The van der Waals surface area contributed by atoms with Crippen LogP contribution in [0.2, 0.25) is 0 Å². The van der Waals surface area contributed by atoms with Crippen molar-refractivity contribution in [3.05, 3.63) is 76.6 Å². The molecule has 0 aliphatic carbocycles. The number of hydrogen-bond donors (Lipinski definition) is 1. The van der Waals surface area contributed by atoms with Crippen molar-refractivity contribution in [3.63, 3.8) is 0 Å². The first-order valence-corrected chi connectivity index (χ1v) is 9.78. The maximum absolute atomic E-state index is 12.4. The Balaban J connectivity index is 2.30. The van der Waals surface area contributed by atoms with E-state index in [0.29, 0.717) is 11.1 Å². The minimum Gasteiger partial charge on any atom is -0.317 e. The van der Waals surface area contributed by atoms with Crippen LogP contribution >= 0.6 is 0 Å². The summed E-state index contributed by atoms with van der Waals surface area (Å²) in [7, 11) is -1.87. The van der Waals surface area contributed by atoms with Gasteiger partial charge in [-0.05, 0) is 41.1 Å². The highest BCUT2D eigenvalue weighted by Crippen LogP contribution is 2.32. The molecule has 0 unspecified atom stereocenters. The SMILES string of the molecule is C=CS(=O)(=O)Nc1ccc(CC)c(-c2cn(C)c(=O)c3ccccc23)c1. The van der Waals surface area contributed by atoms with Gasteiger partial charge in [0, 0.05) is 35.3 Å². The van der Waals surface area contributed by atoms with Gasteiger partial charge in [0.15, 0.2) is 0 Å². The Morgan fingerprint density at radius 2 is 1.81 bits per heavy atom. The van der Waals surface area contributed by atoms with Crippen LogP contribution in [0.3, 0.4) is 0 Å². The third-order valence-electron chi connectivity index (χ3n) is 4.35. The second-order valence-electron chi connectivity index (χ2n) is 6.04. The van der Waals surface area contributed by atoms with Gasteiger partial charge in [0.2, 0.25) is 0 Å². The fourth-order valence-corrected chi connectivity index (χ4v) is 3.57. The molecule has 1 heterocycles. The standard InChI is InChI=1S/C20H20N2O3S/c1-4-14-10-11-15(21-26(24,25)5-2)12-18(14)19-13-22(3)20(23)17-9-7-6-8-16(17)19/h5-13,21H,2,4H2,1,3H3. The van der Waals surface area contributed by atoms with Crippen LogP contribution in [0.25, 0.3) is 21.9 Å². The lowest BCUT2D eigenvalue weighted by atomic mass is 9.95. The second-order valence-corrected chi connectivity index (χ2v) is 7.67. The van der Waals surface area contributed by atoms with Gasteiger partial charge in [0.05, 0.1) is 0 Å². The fraction of sp³-hybridized carbons (Fsp3) is 0.150. The van der Waals surface area contributed by atoms with E-state index in [-0.39, 0.29) is 5.56 Å². The van der Waals surface area contributed by atoms with Gasteiger partial charge < -0.3 is 4.57 Å². The van der Waals surface area contributed by atoms with Crippen LogP contribution in [0.15, 0.2) is 65.4 Å². The summed E-state index contributed by atoms with van der Waals surface area (Å²) >= 11 is 0. The molecule has 5 nitrogen and oxygen atoms in total. The minimum absolute atomic E-state index is 0.0640. The average molecular weight is 368 g/mol. The highest BCUT2D eigenvalue weighted by Gasteiger charge is 2.13. The lowest BCUT2D eigenvalue weighted by Crippen LogP contribution is -2.16. The molecule has 0 saturated carbocycles. The first-order chi connectivity index (χ1) is 12.4. The molecule has 0 bridgehead atoms. The number of fused-ring (bicyclic) bond motifs is 1. The Morgan fingerprint density at radius 1 is 1.12 bits per heavy atom. The van der Waals surface area contributed by atoms with Gasteiger partial charge in [0.1, 0.15) is 0 Å². The molecule has 1 aromatic heterocycles. The lowest BCUT2D eigenvalue weighted by molar-refractivity contribution is 0.609. The molecule has 0 atom stereocenters. The van der Waals surface area contributed by atoms with E-state index in [1.807, 2.05) is 31.2 Å². The van der Waals surface area contributed by atoms with E-state index in [1.165, 1.54) is 0 Å². The zero-order chi connectivity index (χ0) is 18.9. The van der Waals surface area contributed by atoms with Gasteiger partial charge in [-0.25, -0.2) is 8.42 Å². The fourth-order valence-electron chi connectivity index (χ4n) is 3.04. The molecule has 2 aromatic carbocycles. The summed E-state index contributed by atoms with van der Waals surface area (Å²) in [5.41, 5.74) is 3.24. The quantitative estimate of drug-likeness (QED) is 0.747. The largest absolute Gasteiger partial charge is 0.317 e. The van der Waals surface area contributed by atoms with Crippen molar-refractivity contribution in [2.45, 2.75) is 13.3 Å². The number of benzene rings is 2. The average Bonchev–Trinajstić information content (AvgIpc) is 2.64. The lowest BCUT2D eigenvalue weighted by Gasteiger charge is -2.15. The summed E-state index contributed by atoms with van der Waals surface area (Å²) in [6, 6.07) is 12.9. The van der Waals surface area contributed by atoms with Crippen molar-refractivity contribution in [1.82, 2.24) is 4.57 Å². The van der Waals surface area contributed by atoms with Gasteiger partial charge in [-0.3, -0.25) is 9.52 Å². The van der Waals surface area contributed by atoms with Gasteiger partial charge >= 0.3 is 0 Å². The molecule has 0 aliphatic rings. The molecule has 3 aromatic rings. The van der Waals surface area contributed by atoms with Crippen LogP contribution in [0.5, 0.6) is 0 Å². The molecule has 0 saturated heterocycles. The zero-order valence-corrected chi connectivity index (χ0v) is 15.5. The number of pyridine rings is 1. The van der Waals surface area contributed by atoms with Crippen molar-refractivity contribution in [2.24, 2.45) is 7.05 Å². The Labute approximate surface area is 152 Å². The van der Waals surface area contributed by atoms with Gasteiger partial charge in [-0.2, -0.15) is 0 Å². The number of hydrogen-bond acceptors (Lipinski definition) is 3. The molecule has 0 fully saturated rings. The van der Waals surface area contributed by atoms with Crippen molar-refractivity contribution in [2.75, 3.05) is 4.72 Å². The molecule has 1 N–H and O–H groups in total. The maximum atomic E-state index is 12.4. The van der Waals surface area contributed by atoms with Crippen molar-refractivity contribution in [1.29, 1.82) is 0 Å². The van der Waals surface area contributed by atoms with Crippen molar-refractivity contribution < 1.29 is 8.42 Å². The monoisotopic (exact) mass is 368 g/mol. The molecule has 0 spiro atoms. The molecule has 134 valence electrons. The summed E-state index contributed by atoms with van der Waals surface area (Å²) in [5, 5.41) is 2.35. The molecule has 0 radical (unpaired) electrons. The van der Waals surface area contributed by atoms with E-state index in [1.54, 1.807) is 36.0 Å². The smallest absolute Gasteiger partial charge is 0.258 e. The van der Waals surface area contributed by atoms with Crippen LogP contribution in [-0.2, 0) is 23.5 Å². The van der Waals surface area contributed by atoms with E-state index in [4.69, 9.17) is 0 Å². The summed E-state index contributed by atoms with van der Waals surface area (Å²) in [4.78, 5) is 12.4. The molecule has 0 amide bonds. The predicted molar refractivity (Wildman–Crippen MR) is 107 cm³/mol. The van der Waals surface area contributed by atoms with E-state index < -0.39 is 10.0 Å². The Hall–Kier alpha value is -2.86. The molecule has 6 heteroatoms. The predicted octanol–water partition coefficient (Wildman–Crippen LogP) is 3.65. The minimum atomic E-state index is -3.59. The Kier molecular flexibility index (Phi) is 4.70. The number of aromatic nitrogens is 1. The van der Waals surface area contributed by atoms with Crippen molar-refractivity contribution in [3.8, 4) is 11.1 Å². The van der Waals surface area contributed by atoms with E-state index >= 15 is 0 Å². The Morgan fingerprint density at radius 3 is 2.46 bits per heavy atom. The summed E-state index contributed by atoms with van der Waals surface area (Å²) in [6.45, 7) is 5.35. The van der Waals surface area contributed by atoms with E-state index in [2.05, 4.69) is 11.3 Å². The number of anilines is 1. The number of nitrogens with one attached hydrogen (secondary N) is 1. The zero-order valence-electron chi connectivity index (χ0n) is 14.7. The summed E-state index contributed by atoms with van der Waals surface area (Å²) in [6.07, 6.45) is 2.58. The van der Waals surface area contributed by atoms with Gasteiger partial charge in [-0.15, -0.1) is 0 Å². The molecule has 26 heavy (non-hydrogen) atoms. The normalized spacial score (nSPS) is 11.5. The molecule has 0 aliphatic heterocycles. The number of rotatable bonds is 5. The van der Waals surface area contributed by atoms with Gasteiger partial charge in [-0.1, -0.05) is 37.8 Å². The van der Waals surface area contributed by atoms with Crippen LogP contribution in [-0.4, -0.2) is 13.0 Å². The van der Waals surface area contributed by atoms with Crippen molar-refractivity contribution >= 4 is 26.5 Å². The highest BCUT2D eigenvalue weighted by molar-refractivity contribution is 7.95. The summed E-state index contributed by atoms with van der Waals surface area (Å²) < 4.78 is 27.7. The third-order valence-corrected chi connectivity index (χ3v) is 5.31. The second kappa shape index (κ2) is 6.80. The van der Waals surface area contributed by atoms with Gasteiger partial charge in [0.25, 0.3) is 15.6 Å². The van der Waals surface area contributed by atoms with E-state index in [0.717, 1.165) is 33.9 Å². The third kappa shape index (κ3) is 3.28. The Bertz CT molecular complexity index is 1160. The molecular formula is C20H20N2O3S. The maximum Gasteiger partial charge on any atom is 0.258 e. The first-order valence-electron chi connectivity index (χ1n) is 8.23. The first kappa shape index (κ1) is 17.9. The van der Waals surface area contributed by atoms with E-state index in [9.17, 15) is 13.2 Å². The van der Waals surface area contributed by atoms with Crippen LogP contribution in [0.1, 0.15) is 12.5 Å². The van der Waals surface area contributed by atoms with Crippen LogP contribution in [0, 0.1) is 0 Å².